The fourth-order valence-electron chi connectivity index (χ4n) is 3.37. The molecule has 1 heterocycles. The van der Waals surface area contributed by atoms with Gasteiger partial charge in [0.05, 0.1) is 4.90 Å². The number of para-hydroxylation sites is 1. The minimum Gasteiger partial charge on any atom is -0.436 e. The van der Waals surface area contributed by atoms with Crippen LogP contribution in [0.3, 0.4) is 0 Å². The molecule has 0 aliphatic heterocycles. The van der Waals surface area contributed by atoms with Gasteiger partial charge in [-0.05, 0) is 73.4 Å². The number of carbonyl (C=O) groups is 1. The first kappa shape index (κ1) is 23.3. The predicted octanol–water partition coefficient (Wildman–Crippen LogP) is 4.66. The number of benzene rings is 3. The topological polar surface area (TPSA) is 101 Å². The van der Waals surface area contributed by atoms with Crippen molar-refractivity contribution in [1.82, 2.24) is 4.83 Å². The van der Waals surface area contributed by atoms with Gasteiger partial charge in [0.15, 0.2) is 0 Å². The second-order valence-electron chi connectivity index (χ2n) is 7.96. The summed E-state index contributed by atoms with van der Waals surface area (Å²) in [5.41, 5.74) is 4.00. The summed E-state index contributed by atoms with van der Waals surface area (Å²) >= 11 is 0. The minimum absolute atomic E-state index is 0.0714. The van der Waals surface area contributed by atoms with E-state index in [0.717, 1.165) is 23.1 Å². The van der Waals surface area contributed by atoms with Gasteiger partial charge in [0.1, 0.15) is 11.1 Å². The molecule has 0 fully saturated rings. The normalized spacial score (nSPS) is 12.0. The summed E-state index contributed by atoms with van der Waals surface area (Å²) in [5.74, 6) is -0.470. The Labute approximate surface area is 198 Å². The number of hydrogen-bond acceptors (Lipinski definition) is 5. The minimum atomic E-state index is -3.97. The highest BCUT2D eigenvalue weighted by molar-refractivity contribution is 7.89. The standard InChI is InChI=1S/C26H25N3O4S/c1-4-19-10-12-21(13-11-19)27-25(30)23-16-20-7-5-6-8-24(20)33-26(23)28-29-34(31,32)22-14-9-17(2)18(3)15-22/h5-16,29H,4H2,1-3H3,(H,27,30)/b28-26+. The van der Waals surface area contributed by atoms with Crippen molar-refractivity contribution in [1.29, 1.82) is 0 Å². The van der Waals surface area contributed by atoms with E-state index in [1.807, 2.05) is 44.2 Å². The van der Waals surface area contributed by atoms with Gasteiger partial charge in [-0.3, -0.25) is 4.79 Å². The molecule has 4 aromatic rings. The van der Waals surface area contributed by atoms with Crippen LogP contribution in [-0.2, 0) is 16.4 Å². The summed E-state index contributed by atoms with van der Waals surface area (Å²) in [4.78, 5) is 15.4. The maximum absolute atomic E-state index is 13.1. The van der Waals surface area contributed by atoms with Crippen LogP contribution in [0, 0.1) is 13.8 Å². The Morgan fingerprint density at radius 2 is 1.68 bits per heavy atom. The molecule has 0 unspecified atom stereocenters. The van der Waals surface area contributed by atoms with E-state index >= 15 is 0 Å². The van der Waals surface area contributed by atoms with Gasteiger partial charge in [0.25, 0.3) is 15.9 Å². The van der Waals surface area contributed by atoms with Gasteiger partial charge in [-0.2, -0.15) is 13.2 Å². The van der Waals surface area contributed by atoms with Gasteiger partial charge in [-0.25, -0.2) is 0 Å². The number of carbonyl (C=O) groups excluding carboxylic acids is 1. The highest BCUT2D eigenvalue weighted by atomic mass is 32.2. The lowest BCUT2D eigenvalue weighted by atomic mass is 10.1. The number of nitrogens with zero attached hydrogens (tertiary/aromatic N) is 1. The van der Waals surface area contributed by atoms with E-state index in [-0.39, 0.29) is 16.0 Å². The SMILES string of the molecule is CCc1ccc(NC(=O)c2cc3ccccc3o/c2=N/NS(=O)(=O)c2ccc(C)c(C)c2)cc1. The van der Waals surface area contributed by atoms with Crippen LogP contribution in [-0.4, -0.2) is 14.3 Å². The van der Waals surface area contributed by atoms with Crippen molar-refractivity contribution in [2.75, 3.05) is 5.32 Å². The maximum atomic E-state index is 13.1. The van der Waals surface area contributed by atoms with Crippen molar-refractivity contribution >= 4 is 32.6 Å². The third-order valence-corrected chi connectivity index (χ3v) is 6.78. The van der Waals surface area contributed by atoms with Crippen LogP contribution in [0.5, 0.6) is 0 Å². The Balaban J connectivity index is 1.73. The van der Waals surface area contributed by atoms with Gasteiger partial charge >= 0.3 is 0 Å². The molecule has 8 heteroatoms. The van der Waals surface area contributed by atoms with E-state index in [1.54, 1.807) is 36.4 Å². The Hall–Kier alpha value is -3.91. The molecule has 0 spiro atoms. The van der Waals surface area contributed by atoms with E-state index in [9.17, 15) is 13.2 Å². The monoisotopic (exact) mass is 475 g/mol. The van der Waals surface area contributed by atoms with Gasteiger partial charge in [-0.1, -0.05) is 43.3 Å². The Morgan fingerprint density at radius 3 is 2.38 bits per heavy atom. The predicted molar refractivity (Wildman–Crippen MR) is 132 cm³/mol. The van der Waals surface area contributed by atoms with Gasteiger partial charge in [0.2, 0.25) is 5.55 Å². The third-order valence-electron chi connectivity index (χ3n) is 5.58. The molecule has 0 aliphatic rings. The molecule has 34 heavy (non-hydrogen) atoms. The number of amides is 1. The van der Waals surface area contributed by atoms with Crippen molar-refractivity contribution < 1.29 is 17.6 Å². The van der Waals surface area contributed by atoms with E-state index < -0.39 is 15.9 Å². The first-order valence-electron chi connectivity index (χ1n) is 10.8. The zero-order valence-corrected chi connectivity index (χ0v) is 19.9. The lowest BCUT2D eigenvalue weighted by Crippen LogP contribution is -2.27. The summed E-state index contributed by atoms with van der Waals surface area (Å²) in [7, 11) is -3.97. The molecule has 2 N–H and O–H groups in total. The van der Waals surface area contributed by atoms with Crippen molar-refractivity contribution in [2.24, 2.45) is 5.10 Å². The summed E-state index contributed by atoms with van der Waals surface area (Å²) < 4.78 is 31.4. The number of anilines is 1. The zero-order valence-electron chi connectivity index (χ0n) is 19.1. The average Bonchev–Trinajstić information content (AvgIpc) is 2.84. The van der Waals surface area contributed by atoms with Crippen molar-refractivity contribution in [3.8, 4) is 0 Å². The summed E-state index contributed by atoms with van der Waals surface area (Å²) in [5, 5.41) is 7.49. The fourth-order valence-corrected chi connectivity index (χ4v) is 4.26. The molecular weight excluding hydrogens is 450 g/mol. The van der Waals surface area contributed by atoms with E-state index in [0.29, 0.717) is 16.7 Å². The van der Waals surface area contributed by atoms with Crippen molar-refractivity contribution in [3.63, 3.8) is 0 Å². The van der Waals surface area contributed by atoms with Gasteiger partial charge in [0, 0.05) is 11.1 Å². The van der Waals surface area contributed by atoms with Crippen LogP contribution in [0.2, 0.25) is 0 Å². The third kappa shape index (κ3) is 5.02. The van der Waals surface area contributed by atoms with Gasteiger partial charge < -0.3 is 9.73 Å². The highest BCUT2D eigenvalue weighted by Crippen LogP contribution is 2.16. The van der Waals surface area contributed by atoms with Crippen molar-refractivity contribution in [2.45, 2.75) is 32.1 Å². The Bertz CT molecular complexity index is 1540. The summed E-state index contributed by atoms with van der Waals surface area (Å²) in [6.07, 6.45) is 0.890. The van der Waals surface area contributed by atoms with Gasteiger partial charge in [-0.15, -0.1) is 5.10 Å². The smallest absolute Gasteiger partial charge is 0.276 e. The van der Waals surface area contributed by atoms with E-state index in [2.05, 4.69) is 22.2 Å². The molecule has 0 saturated carbocycles. The second kappa shape index (κ2) is 9.52. The van der Waals surface area contributed by atoms with Crippen LogP contribution in [0.1, 0.15) is 34.0 Å². The van der Waals surface area contributed by atoms with Crippen molar-refractivity contribution in [3.05, 3.63) is 101 Å². The summed E-state index contributed by atoms with van der Waals surface area (Å²) in [6.45, 7) is 5.79. The molecule has 0 radical (unpaired) electrons. The Kier molecular flexibility index (Phi) is 6.51. The lowest BCUT2D eigenvalue weighted by Gasteiger charge is -2.09. The van der Waals surface area contributed by atoms with Crippen LogP contribution in [0.4, 0.5) is 5.69 Å². The number of sulfonamides is 1. The molecule has 174 valence electrons. The number of nitrogens with one attached hydrogen (secondary N) is 2. The number of aryl methyl sites for hydroxylation is 3. The summed E-state index contributed by atoms with van der Waals surface area (Å²) in [6, 6.07) is 21.0. The Morgan fingerprint density at radius 1 is 0.941 bits per heavy atom. The quantitative estimate of drug-likeness (QED) is 0.396. The second-order valence-corrected chi connectivity index (χ2v) is 9.62. The number of hydrogen-bond donors (Lipinski definition) is 2. The first-order chi connectivity index (χ1) is 16.3. The average molecular weight is 476 g/mol. The molecule has 1 amide bonds. The number of rotatable bonds is 6. The molecule has 0 aliphatic carbocycles. The lowest BCUT2D eigenvalue weighted by molar-refractivity contribution is 0.102. The van der Waals surface area contributed by atoms with Crippen LogP contribution in [0.25, 0.3) is 11.0 Å². The molecular formula is C26H25N3O4S. The molecule has 0 atom stereocenters. The molecule has 3 aromatic carbocycles. The zero-order chi connectivity index (χ0) is 24.3. The van der Waals surface area contributed by atoms with Crippen LogP contribution < -0.4 is 15.7 Å². The first-order valence-corrected chi connectivity index (χ1v) is 12.3. The molecule has 4 rings (SSSR count). The fraction of sp³-hybridized carbons (Fsp3) is 0.154. The van der Waals surface area contributed by atoms with E-state index in [1.165, 1.54) is 6.07 Å². The largest absolute Gasteiger partial charge is 0.436 e. The molecule has 1 aromatic heterocycles. The molecule has 0 saturated heterocycles. The van der Waals surface area contributed by atoms with Crippen LogP contribution in [0.15, 0.2) is 87.2 Å². The highest BCUT2D eigenvalue weighted by Gasteiger charge is 2.17. The molecule has 0 bridgehead atoms. The number of fused-ring (bicyclic) bond motifs is 1. The maximum Gasteiger partial charge on any atom is 0.276 e. The van der Waals surface area contributed by atoms with E-state index in [4.69, 9.17) is 4.42 Å². The van der Waals surface area contributed by atoms with Crippen LogP contribution >= 0.6 is 0 Å². The molecule has 7 nitrogen and oxygen atoms in total.